The van der Waals surface area contributed by atoms with Crippen LogP contribution >= 0.6 is 0 Å². The second kappa shape index (κ2) is 5.37. The number of ether oxygens (including phenoxy) is 2. The fourth-order valence-corrected chi connectivity index (χ4v) is 2.98. The van der Waals surface area contributed by atoms with Crippen molar-refractivity contribution in [1.82, 2.24) is 0 Å². The van der Waals surface area contributed by atoms with Gasteiger partial charge >= 0.3 is 5.97 Å². The zero-order chi connectivity index (χ0) is 15.9. The van der Waals surface area contributed by atoms with Crippen LogP contribution in [0.4, 0.5) is 5.69 Å². The number of hydrogen-bond acceptors (Lipinski definition) is 4. The molecule has 1 aliphatic rings. The Morgan fingerprint density at radius 3 is 2.59 bits per heavy atom. The number of hydrogen-bond donors (Lipinski definition) is 1. The molecule has 4 nitrogen and oxygen atoms in total. The van der Waals surface area contributed by atoms with Crippen LogP contribution in [0, 0.1) is 6.92 Å². The highest BCUT2D eigenvalue weighted by Crippen LogP contribution is 2.40. The highest BCUT2D eigenvalue weighted by Gasteiger charge is 2.30. The molecule has 2 aromatic carbocycles. The number of esters is 1. The Morgan fingerprint density at radius 1 is 1.27 bits per heavy atom. The molecule has 0 aliphatic carbocycles. The van der Waals surface area contributed by atoms with E-state index in [-0.39, 0.29) is 12.1 Å². The lowest BCUT2D eigenvalue weighted by Gasteiger charge is -2.26. The first-order valence-electron chi connectivity index (χ1n) is 7.28. The first kappa shape index (κ1) is 14.4. The van der Waals surface area contributed by atoms with Gasteiger partial charge in [0.1, 0.15) is 17.4 Å². The number of benzene rings is 2. The highest BCUT2D eigenvalue weighted by atomic mass is 16.5. The van der Waals surface area contributed by atoms with E-state index >= 15 is 0 Å². The van der Waals surface area contributed by atoms with Crippen LogP contribution in [0.5, 0.6) is 5.75 Å². The maximum Gasteiger partial charge on any atom is 0.342 e. The first-order chi connectivity index (χ1) is 10.5. The fraction of sp³-hybridized carbons (Fsp3) is 0.278. The quantitative estimate of drug-likeness (QED) is 0.682. The smallest absolute Gasteiger partial charge is 0.342 e. The van der Waals surface area contributed by atoms with Gasteiger partial charge in [-0.05, 0) is 48.7 Å². The lowest BCUT2D eigenvalue weighted by molar-refractivity contribution is 0.0296. The van der Waals surface area contributed by atoms with Crippen molar-refractivity contribution in [3.05, 3.63) is 47.0 Å². The van der Waals surface area contributed by atoms with Gasteiger partial charge < -0.3 is 15.2 Å². The Hall–Kier alpha value is -2.49. The predicted octanol–water partition coefficient (Wildman–Crippen LogP) is 3.35. The Morgan fingerprint density at radius 2 is 1.95 bits per heavy atom. The average Bonchev–Trinajstić information content (AvgIpc) is 2.48. The normalized spacial score (nSPS) is 16.9. The first-order valence-corrected chi connectivity index (χ1v) is 7.28. The summed E-state index contributed by atoms with van der Waals surface area (Å²) in [6, 6.07) is 9.59. The van der Waals surface area contributed by atoms with E-state index in [0.717, 1.165) is 22.3 Å². The van der Waals surface area contributed by atoms with Gasteiger partial charge in [-0.3, -0.25) is 0 Å². The number of anilines is 1. The van der Waals surface area contributed by atoms with Crippen molar-refractivity contribution in [3.63, 3.8) is 0 Å². The summed E-state index contributed by atoms with van der Waals surface area (Å²) in [7, 11) is 1.58. The minimum atomic E-state index is -0.314. The third-order valence-electron chi connectivity index (χ3n) is 4.04. The molecule has 22 heavy (non-hydrogen) atoms. The van der Waals surface area contributed by atoms with E-state index in [0.29, 0.717) is 23.4 Å². The van der Waals surface area contributed by atoms with E-state index in [1.54, 1.807) is 7.11 Å². The Balaban J connectivity index is 2.25. The topological polar surface area (TPSA) is 61.5 Å². The molecule has 4 heteroatoms. The van der Waals surface area contributed by atoms with E-state index in [1.165, 1.54) is 0 Å². The molecule has 0 fully saturated rings. The standard InChI is InChI=1S/C18H19NO3/c1-10-8-15(12-4-6-13(19)7-5-12)17(21-3)16-14(10)9-11(2)22-18(16)20/h4-8,11H,9,19H2,1-3H3/t11-/m1/s1. The molecule has 0 saturated heterocycles. The molecule has 0 radical (unpaired) electrons. The van der Waals surface area contributed by atoms with Crippen molar-refractivity contribution in [2.24, 2.45) is 0 Å². The van der Waals surface area contributed by atoms with E-state index in [1.807, 2.05) is 38.1 Å². The lowest BCUT2D eigenvalue weighted by Crippen LogP contribution is -2.26. The Bertz CT molecular complexity index is 735. The summed E-state index contributed by atoms with van der Waals surface area (Å²) in [5, 5.41) is 0. The van der Waals surface area contributed by atoms with Gasteiger partial charge in [0.05, 0.1) is 7.11 Å². The van der Waals surface area contributed by atoms with Crippen molar-refractivity contribution < 1.29 is 14.3 Å². The molecule has 0 bridgehead atoms. The molecule has 3 rings (SSSR count). The zero-order valence-electron chi connectivity index (χ0n) is 13.0. The number of cyclic esters (lactones) is 1. The molecule has 1 aliphatic heterocycles. The third-order valence-corrected chi connectivity index (χ3v) is 4.04. The van der Waals surface area contributed by atoms with E-state index < -0.39 is 0 Å². The van der Waals surface area contributed by atoms with Gasteiger partial charge in [0.25, 0.3) is 0 Å². The van der Waals surface area contributed by atoms with Crippen molar-refractivity contribution in [1.29, 1.82) is 0 Å². The number of aryl methyl sites for hydroxylation is 1. The average molecular weight is 297 g/mol. The zero-order valence-corrected chi connectivity index (χ0v) is 13.0. The molecule has 0 amide bonds. The number of methoxy groups -OCH3 is 1. The minimum Gasteiger partial charge on any atom is -0.495 e. The second-order valence-electron chi connectivity index (χ2n) is 5.67. The van der Waals surface area contributed by atoms with Crippen LogP contribution in [0.25, 0.3) is 11.1 Å². The number of nitrogens with two attached hydrogens (primary N) is 1. The van der Waals surface area contributed by atoms with Crippen molar-refractivity contribution in [2.45, 2.75) is 26.4 Å². The number of rotatable bonds is 2. The summed E-state index contributed by atoms with van der Waals surface area (Å²) < 4.78 is 10.9. The van der Waals surface area contributed by atoms with Gasteiger partial charge in [-0.25, -0.2) is 4.79 Å². The molecule has 0 aromatic heterocycles. The Labute approximate surface area is 129 Å². The van der Waals surface area contributed by atoms with Gasteiger partial charge in [-0.2, -0.15) is 0 Å². The molecule has 1 atom stereocenters. The molecule has 114 valence electrons. The fourth-order valence-electron chi connectivity index (χ4n) is 2.98. The maximum atomic E-state index is 12.3. The Kier molecular flexibility index (Phi) is 3.53. The van der Waals surface area contributed by atoms with Crippen LogP contribution in [0.15, 0.2) is 30.3 Å². The third kappa shape index (κ3) is 2.30. The van der Waals surface area contributed by atoms with Crippen molar-refractivity contribution in [3.8, 4) is 16.9 Å². The van der Waals surface area contributed by atoms with Gasteiger partial charge in [0.15, 0.2) is 0 Å². The monoisotopic (exact) mass is 297 g/mol. The maximum absolute atomic E-state index is 12.3. The summed E-state index contributed by atoms with van der Waals surface area (Å²) in [5.74, 6) is 0.258. The van der Waals surface area contributed by atoms with Crippen LogP contribution in [0.2, 0.25) is 0 Å². The number of nitrogen functional groups attached to an aromatic ring is 1. The SMILES string of the molecule is COc1c(-c2ccc(N)cc2)cc(C)c2c1C(=O)O[C@H](C)C2. The van der Waals surface area contributed by atoms with Crippen LogP contribution in [-0.4, -0.2) is 19.2 Å². The van der Waals surface area contributed by atoms with E-state index in [4.69, 9.17) is 15.2 Å². The van der Waals surface area contributed by atoms with Crippen LogP contribution in [0.1, 0.15) is 28.4 Å². The summed E-state index contributed by atoms with van der Waals surface area (Å²) in [6.45, 7) is 3.92. The van der Waals surface area contributed by atoms with Gasteiger partial charge in [-0.15, -0.1) is 0 Å². The summed E-state index contributed by atoms with van der Waals surface area (Å²) in [5.41, 5.74) is 10.9. The van der Waals surface area contributed by atoms with Crippen LogP contribution in [0.3, 0.4) is 0 Å². The van der Waals surface area contributed by atoms with Crippen LogP contribution < -0.4 is 10.5 Å². The number of carbonyl (C=O) groups is 1. The molecule has 0 unspecified atom stereocenters. The summed E-state index contributed by atoms with van der Waals surface area (Å²) in [6.07, 6.45) is 0.608. The largest absolute Gasteiger partial charge is 0.495 e. The molecular weight excluding hydrogens is 278 g/mol. The van der Waals surface area contributed by atoms with Gasteiger partial charge in [0, 0.05) is 17.7 Å². The molecule has 0 saturated carbocycles. The van der Waals surface area contributed by atoms with Crippen molar-refractivity contribution in [2.75, 3.05) is 12.8 Å². The summed E-state index contributed by atoms with van der Waals surface area (Å²) >= 11 is 0. The second-order valence-corrected chi connectivity index (χ2v) is 5.67. The van der Waals surface area contributed by atoms with E-state index in [2.05, 4.69) is 6.07 Å². The molecule has 1 heterocycles. The van der Waals surface area contributed by atoms with E-state index in [9.17, 15) is 4.79 Å². The van der Waals surface area contributed by atoms with Gasteiger partial charge in [0.2, 0.25) is 0 Å². The highest BCUT2D eigenvalue weighted by molar-refractivity contribution is 5.99. The van der Waals surface area contributed by atoms with Crippen LogP contribution in [-0.2, 0) is 11.2 Å². The summed E-state index contributed by atoms with van der Waals surface area (Å²) in [4.78, 5) is 12.3. The molecule has 0 spiro atoms. The lowest BCUT2D eigenvalue weighted by atomic mass is 9.89. The molecule has 2 N–H and O–H groups in total. The molecule has 2 aromatic rings. The predicted molar refractivity (Wildman–Crippen MR) is 86.2 cm³/mol. The number of carbonyl (C=O) groups excluding carboxylic acids is 1. The van der Waals surface area contributed by atoms with Gasteiger partial charge in [-0.1, -0.05) is 12.1 Å². The van der Waals surface area contributed by atoms with Crippen molar-refractivity contribution >= 4 is 11.7 Å². The number of fused-ring (bicyclic) bond motifs is 1. The minimum absolute atomic E-state index is 0.106. The molecular formula is C18H19NO3.